The Labute approximate surface area is 425 Å². The summed E-state index contributed by atoms with van der Waals surface area (Å²) in [5.41, 5.74) is 16.7. The molecule has 13 rings (SSSR count). The molecule has 2 aliphatic heterocycles. The highest BCUT2D eigenvalue weighted by Gasteiger charge is 2.52. The largest absolute Gasteiger partial charge is 0.310 e. The molecular weight excluding hydrogens is 895 g/mol. The maximum Gasteiger partial charge on any atom is 0.164 e. The van der Waals surface area contributed by atoms with Crippen molar-refractivity contribution in [3.05, 3.63) is 246 Å². The third-order valence-electron chi connectivity index (χ3n) is 14.8. The molecule has 0 saturated heterocycles. The fourth-order valence-electron chi connectivity index (χ4n) is 11.3. The lowest BCUT2D eigenvalue weighted by Gasteiger charge is -2.49. The normalized spacial score (nSPS) is 13.7. The minimum atomic E-state index is -0.691. The first kappa shape index (κ1) is 43.9. The monoisotopic (exact) mass is 947 g/mol. The summed E-state index contributed by atoms with van der Waals surface area (Å²) in [6.07, 6.45) is 0. The van der Waals surface area contributed by atoms with E-state index in [1.54, 1.807) is 0 Å². The van der Waals surface area contributed by atoms with Gasteiger partial charge < -0.3 is 9.47 Å². The summed E-state index contributed by atoms with van der Waals surface area (Å²) in [4.78, 5) is 20.1. The van der Waals surface area contributed by atoms with Crippen molar-refractivity contribution in [1.29, 1.82) is 0 Å². The van der Waals surface area contributed by atoms with Crippen molar-refractivity contribution >= 4 is 50.6 Å². The van der Waals surface area contributed by atoms with Crippen molar-refractivity contribution in [3.63, 3.8) is 0 Å². The van der Waals surface area contributed by atoms with E-state index in [0.717, 1.165) is 33.8 Å². The van der Waals surface area contributed by atoms with Crippen molar-refractivity contribution in [2.45, 2.75) is 67.6 Å². The maximum absolute atomic E-state index is 5.07. The fourth-order valence-corrected chi connectivity index (χ4v) is 12.5. The molecule has 2 aliphatic rings. The summed E-state index contributed by atoms with van der Waals surface area (Å²) in [6.45, 7) is 13.9. The van der Waals surface area contributed by atoms with E-state index in [2.05, 4.69) is 203 Å². The summed E-state index contributed by atoms with van der Waals surface area (Å²) < 4.78 is 2.57. The van der Waals surface area contributed by atoms with Crippen molar-refractivity contribution in [2.75, 3.05) is 4.90 Å². The molecule has 9 aromatic carbocycles. The van der Waals surface area contributed by atoms with Gasteiger partial charge in [0.2, 0.25) is 0 Å². The minimum Gasteiger partial charge on any atom is -0.310 e. The molecular formula is C66H53N5S. The number of aromatic nitrogens is 4. The second-order valence-corrected chi connectivity index (χ2v) is 22.3. The van der Waals surface area contributed by atoms with Crippen LogP contribution in [0, 0.1) is 0 Å². The summed E-state index contributed by atoms with van der Waals surface area (Å²) in [5, 5.41) is 2.56. The summed E-state index contributed by atoms with van der Waals surface area (Å²) >= 11 is 1.89. The van der Waals surface area contributed by atoms with Crippen molar-refractivity contribution in [3.8, 4) is 39.9 Å². The summed E-state index contributed by atoms with van der Waals surface area (Å²) in [5.74, 6) is 1.91. The Morgan fingerprint density at radius 3 is 1.33 bits per heavy atom. The topological polar surface area (TPSA) is 46.8 Å². The van der Waals surface area contributed by atoms with Crippen molar-refractivity contribution in [2.24, 2.45) is 0 Å². The number of anilines is 3. The van der Waals surface area contributed by atoms with Crippen LogP contribution in [0.2, 0.25) is 0 Å². The van der Waals surface area contributed by atoms with Gasteiger partial charge in [-0.3, -0.25) is 0 Å². The Hall–Kier alpha value is -8.06. The molecule has 72 heavy (non-hydrogen) atoms. The molecule has 0 amide bonds. The molecule has 4 heterocycles. The minimum absolute atomic E-state index is 0.00706. The standard InChI is InChI=1S/C66H53N5S/c1-64(2,3)45-34-38-53-48(40-45)49-41-46(65(4,5)6)35-39-54(49)71(53)57-29-19-31-59-60(57)66(52-26-15-18-30-58(52)72-59)50-24-13-16-27-55(50)70(56-28-17-14-25-51(56)66)47-36-32-44(33-37-47)63-68-61(42-20-9-7-10-21-42)67-62(69-63)43-22-11-8-12-23-43/h7-41H,1-6H3. The van der Waals surface area contributed by atoms with E-state index in [0.29, 0.717) is 17.5 Å². The van der Waals surface area contributed by atoms with E-state index in [1.165, 1.54) is 70.7 Å². The van der Waals surface area contributed by atoms with Gasteiger partial charge in [-0.25, -0.2) is 15.0 Å². The van der Waals surface area contributed by atoms with Gasteiger partial charge in [0.1, 0.15) is 0 Å². The molecule has 1 spiro atoms. The Balaban J connectivity index is 1.03. The first-order chi connectivity index (χ1) is 35.0. The molecule has 0 unspecified atom stereocenters. The number of para-hydroxylation sites is 2. The number of hydrogen-bond acceptors (Lipinski definition) is 5. The van der Waals surface area contributed by atoms with Crippen LogP contribution in [0.4, 0.5) is 17.1 Å². The molecule has 0 fully saturated rings. The van der Waals surface area contributed by atoms with E-state index in [1.807, 2.05) is 72.4 Å². The van der Waals surface area contributed by atoms with Crippen LogP contribution < -0.4 is 4.90 Å². The molecule has 2 aromatic heterocycles. The van der Waals surface area contributed by atoms with Crippen LogP contribution in [0.1, 0.15) is 74.9 Å². The molecule has 11 aromatic rings. The predicted molar refractivity (Wildman–Crippen MR) is 299 cm³/mol. The zero-order valence-electron chi connectivity index (χ0n) is 41.4. The number of fused-ring (bicyclic) bond motifs is 11. The first-order valence-electron chi connectivity index (χ1n) is 24.9. The van der Waals surface area contributed by atoms with Gasteiger partial charge in [0.25, 0.3) is 0 Å². The van der Waals surface area contributed by atoms with E-state index in [9.17, 15) is 0 Å². The molecule has 0 atom stereocenters. The molecule has 348 valence electrons. The molecule has 0 N–H and O–H groups in total. The third-order valence-corrected chi connectivity index (χ3v) is 15.9. The van der Waals surface area contributed by atoms with Gasteiger partial charge in [-0.1, -0.05) is 187 Å². The first-order valence-corrected chi connectivity index (χ1v) is 25.8. The zero-order valence-corrected chi connectivity index (χ0v) is 42.2. The lowest BCUT2D eigenvalue weighted by molar-refractivity contribution is 0.590. The number of benzene rings is 9. The number of hydrogen-bond donors (Lipinski definition) is 0. The van der Waals surface area contributed by atoms with Crippen LogP contribution in [0.3, 0.4) is 0 Å². The second-order valence-electron chi connectivity index (χ2n) is 21.3. The Morgan fingerprint density at radius 2 is 0.819 bits per heavy atom. The highest BCUT2D eigenvalue weighted by atomic mass is 32.2. The van der Waals surface area contributed by atoms with Gasteiger partial charge in [0.05, 0.1) is 33.5 Å². The van der Waals surface area contributed by atoms with Crippen LogP contribution in [0.15, 0.2) is 222 Å². The SMILES string of the molecule is CC(C)(C)c1ccc2c(c1)c1cc(C(C)(C)C)ccc1n2-c1cccc2c1C1(c3ccccc3S2)c2ccccc2N(c2ccc(-c3nc(-c4ccccc4)nc(-c4ccccc4)n3)cc2)c2ccccc21. The van der Waals surface area contributed by atoms with Crippen LogP contribution in [-0.2, 0) is 16.2 Å². The highest BCUT2D eigenvalue weighted by molar-refractivity contribution is 7.99. The smallest absolute Gasteiger partial charge is 0.164 e. The average molecular weight is 948 g/mol. The number of rotatable bonds is 5. The van der Waals surface area contributed by atoms with Gasteiger partial charge in [0, 0.05) is 48.5 Å². The average Bonchev–Trinajstić information content (AvgIpc) is 3.74. The van der Waals surface area contributed by atoms with E-state index >= 15 is 0 Å². The second kappa shape index (κ2) is 16.5. The predicted octanol–water partition coefficient (Wildman–Crippen LogP) is 17.2. The molecule has 6 heteroatoms. The fraction of sp³-hybridized carbons (Fsp3) is 0.136. The van der Waals surface area contributed by atoms with Crippen LogP contribution in [-0.4, -0.2) is 19.5 Å². The highest BCUT2D eigenvalue weighted by Crippen LogP contribution is 2.64. The Kier molecular flexibility index (Phi) is 10.1. The third kappa shape index (κ3) is 6.87. The van der Waals surface area contributed by atoms with Gasteiger partial charge >= 0.3 is 0 Å². The van der Waals surface area contributed by atoms with Crippen molar-refractivity contribution < 1.29 is 0 Å². The molecule has 0 radical (unpaired) electrons. The summed E-state index contributed by atoms with van der Waals surface area (Å²) in [6, 6.07) is 77.6. The van der Waals surface area contributed by atoms with E-state index in [-0.39, 0.29) is 10.8 Å². The van der Waals surface area contributed by atoms with E-state index in [4.69, 9.17) is 15.0 Å². The lowest BCUT2D eigenvalue weighted by Crippen LogP contribution is -2.40. The molecule has 0 saturated carbocycles. The van der Waals surface area contributed by atoms with Crippen LogP contribution in [0.5, 0.6) is 0 Å². The zero-order chi connectivity index (χ0) is 48.9. The number of nitrogens with zero attached hydrogens (tertiary/aromatic N) is 5. The Morgan fingerprint density at radius 1 is 0.389 bits per heavy atom. The van der Waals surface area contributed by atoms with Crippen LogP contribution in [0.25, 0.3) is 61.7 Å². The lowest BCUT2D eigenvalue weighted by atomic mass is 9.61. The van der Waals surface area contributed by atoms with Gasteiger partial charge in [-0.05, 0) is 118 Å². The van der Waals surface area contributed by atoms with Crippen LogP contribution >= 0.6 is 11.8 Å². The molecule has 0 bridgehead atoms. The van der Waals surface area contributed by atoms with Crippen molar-refractivity contribution in [1.82, 2.24) is 19.5 Å². The summed E-state index contributed by atoms with van der Waals surface area (Å²) in [7, 11) is 0. The van der Waals surface area contributed by atoms with Gasteiger partial charge in [-0.15, -0.1) is 0 Å². The molecule has 5 nitrogen and oxygen atoms in total. The van der Waals surface area contributed by atoms with Gasteiger partial charge in [-0.2, -0.15) is 0 Å². The molecule has 0 aliphatic carbocycles. The Bertz CT molecular complexity index is 3740. The van der Waals surface area contributed by atoms with E-state index < -0.39 is 5.41 Å². The maximum atomic E-state index is 5.07. The van der Waals surface area contributed by atoms with Gasteiger partial charge in [0.15, 0.2) is 17.5 Å². The quantitative estimate of drug-likeness (QED) is 0.172.